The molecule has 0 aromatic heterocycles. The van der Waals surface area contributed by atoms with E-state index in [2.05, 4.69) is 0 Å². The summed E-state index contributed by atoms with van der Waals surface area (Å²) in [6.07, 6.45) is 0. The number of carboxylic acid groups (broad SMARTS) is 2. The molecular formula is C28H20O8. The number of benzene rings is 4. The smallest absolute Gasteiger partial charge is 0.336 e. The number of hydrogen-bond donors (Lipinski definition) is 2. The summed E-state index contributed by atoms with van der Waals surface area (Å²) in [6, 6.07) is 18.0. The summed E-state index contributed by atoms with van der Waals surface area (Å²) in [5, 5.41) is 20.4. The molecule has 0 saturated carbocycles. The van der Waals surface area contributed by atoms with Crippen LogP contribution in [0.4, 0.5) is 0 Å². The first-order valence-electron chi connectivity index (χ1n) is 10.7. The van der Waals surface area contributed by atoms with Gasteiger partial charge in [-0.05, 0) is 59.3 Å². The first kappa shape index (κ1) is 24.2. The van der Waals surface area contributed by atoms with Gasteiger partial charge in [-0.15, -0.1) is 0 Å². The second-order valence-electron chi connectivity index (χ2n) is 7.87. The van der Waals surface area contributed by atoms with Crippen LogP contribution in [-0.4, -0.2) is 47.9 Å². The van der Waals surface area contributed by atoms with Gasteiger partial charge in [0.25, 0.3) is 0 Å². The summed E-state index contributed by atoms with van der Waals surface area (Å²) in [5.74, 6) is -2.91. The maximum Gasteiger partial charge on any atom is 0.336 e. The van der Waals surface area contributed by atoms with Crippen molar-refractivity contribution in [3.05, 3.63) is 106 Å². The third-order valence-corrected chi connectivity index (χ3v) is 5.77. The van der Waals surface area contributed by atoms with Crippen LogP contribution in [0, 0.1) is 0 Å². The van der Waals surface area contributed by atoms with E-state index in [-0.39, 0.29) is 33.4 Å². The molecule has 4 aromatic carbocycles. The van der Waals surface area contributed by atoms with E-state index in [9.17, 15) is 29.4 Å². The van der Waals surface area contributed by atoms with Crippen molar-refractivity contribution in [2.75, 3.05) is 14.2 Å². The lowest BCUT2D eigenvalue weighted by Gasteiger charge is -2.10. The summed E-state index contributed by atoms with van der Waals surface area (Å²) >= 11 is 0. The number of methoxy groups -OCH3 is 2. The van der Waals surface area contributed by atoms with Crippen molar-refractivity contribution < 1.29 is 38.9 Å². The fourth-order valence-electron chi connectivity index (χ4n) is 3.89. The molecule has 8 heteroatoms. The molecule has 0 aliphatic carbocycles. The number of rotatable bonds is 8. The molecule has 0 fully saturated rings. The number of carbonyl (C=O) groups is 4. The molecule has 0 amide bonds. The molecule has 4 rings (SSSR count). The number of carboxylic acids is 2. The lowest BCUT2D eigenvalue weighted by Crippen LogP contribution is -2.11. The third kappa shape index (κ3) is 4.52. The highest BCUT2D eigenvalue weighted by Gasteiger charge is 2.21. The number of ether oxygens (including phenoxy) is 2. The Bertz CT molecular complexity index is 1440. The summed E-state index contributed by atoms with van der Waals surface area (Å²) < 4.78 is 10.1. The summed E-state index contributed by atoms with van der Waals surface area (Å²) in [6.45, 7) is 0. The molecular weight excluding hydrogens is 464 g/mol. The Morgan fingerprint density at radius 3 is 1.31 bits per heavy atom. The fraction of sp³-hybridized carbons (Fsp3) is 0.0714. The number of aromatic carboxylic acids is 2. The van der Waals surface area contributed by atoms with E-state index in [1.54, 1.807) is 36.4 Å². The van der Waals surface area contributed by atoms with Gasteiger partial charge >= 0.3 is 11.9 Å². The van der Waals surface area contributed by atoms with E-state index in [4.69, 9.17) is 9.47 Å². The highest BCUT2D eigenvalue weighted by atomic mass is 16.5. The van der Waals surface area contributed by atoms with Gasteiger partial charge in [0, 0.05) is 22.3 Å². The largest absolute Gasteiger partial charge is 0.497 e. The maximum absolute atomic E-state index is 13.2. The molecule has 180 valence electrons. The Morgan fingerprint density at radius 1 is 0.528 bits per heavy atom. The van der Waals surface area contributed by atoms with Crippen LogP contribution in [0.1, 0.15) is 52.6 Å². The second-order valence-corrected chi connectivity index (χ2v) is 7.87. The predicted octanol–water partition coefficient (Wildman–Crippen LogP) is 4.72. The fourth-order valence-corrected chi connectivity index (χ4v) is 3.89. The molecule has 0 saturated heterocycles. The van der Waals surface area contributed by atoms with Crippen LogP contribution in [0.5, 0.6) is 11.5 Å². The normalized spacial score (nSPS) is 10.6. The van der Waals surface area contributed by atoms with Crippen molar-refractivity contribution in [2.24, 2.45) is 0 Å². The van der Waals surface area contributed by atoms with Gasteiger partial charge in [-0.3, -0.25) is 9.59 Å². The van der Waals surface area contributed by atoms with Gasteiger partial charge in [0.2, 0.25) is 0 Å². The van der Waals surface area contributed by atoms with Crippen molar-refractivity contribution in [1.82, 2.24) is 0 Å². The molecule has 8 nitrogen and oxygen atoms in total. The first-order valence-corrected chi connectivity index (χ1v) is 10.7. The van der Waals surface area contributed by atoms with Crippen LogP contribution >= 0.6 is 0 Å². The molecule has 0 bridgehead atoms. The molecule has 4 aromatic rings. The van der Waals surface area contributed by atoms with Crippen molar-refractivity contribution in [3.8, 4) is 11.5 Å². The minimum atomic E-state index is -1.26. The monoisotopic (exact) mass is 484 g/mol. The summed E-state index contributed by atoms with van der Waals surface area (Å²) in [5.41, 5.74) is 0.0810. The Morgan fingerprint density at radius 2 is 0.944 bits per heavy atom. The molecule has 36 heavy (non-hydrogen) atoms. The predicted molar refractivity (Wildman–Crippen MR) is 131 cm³/mol. The SMILES string of the molecule is COc1ccc(C(=O)c2ccc3ccc(C(=O)c4ccc(OC)cc4C(=O)O)cc3c2)c(C(=O)O)c1. The average molecular weight is 484 g/mol. The van der Waals surface area contributed by atoms with Crippen LogP contribution < -0.4 is 9.47 Å². The van der Waals surface area contributed by atoms with Crippen LogP contribution in [0.3, 0.4) is 0 Å². The number of fused-ring (bicyclic) bond motifs is 1. The van der Waals surface area contributed by atoms with E-state index in [1.807, 2.05) is 0 Å². The van der Waals surface area contributed by atoms with Gasteiger partial charge in [-0.1, -0.05) is 24.3 Å². The van der Waals surface area contributed by atoms with Gasteiger partial charge in [0.15, 0.2) is 11.6 Å². The van der Waals surface area contributed by atoms with Gasteiger partial charge in [0.05, 0.1) is 25.3 Å². The number of ketones is 2. The molecule has 2 N–H and O–H groups in total. The Labute approximate surface area is 205 Å². The van der Waals surface area contributed by atoms with Gasteiger partial charge in [0.1, 0.15) is 11.5 Å². The second kappa shape index (κ2) is 9.71. The van der Waals surface area contributed by atoms with Crippen LogP contribution in [0.2, 0.25) is 0 Å². The first-order chi connectivity index (χ1) is 17.2. The lowest BCUT2D eigenvalue weighted by atomic mass is 9.93. The standard InChI is InChI=1S/C28H20O8/c1-35-19-7-9-21(23(13-19)27(31)32)25(29)16-5-3-15-4-6-17(12-18(15)11-16)26(30)22-10-8-20(36-2)14-24(22)28(33)34/h3-14H,1-2H3,(H,31,32)(H,33,34). The van der Waals surface area contributed by atoms with Crippen LogP contribution in [0.25, 0.3) is 10.8 Å². The molecule has 0 radical (unpaired) electrons. The van der Waals surface area contributed by atoms with E-state index in [0.717, 1.165) is 5.39 Å². The van der Waals surface area contributed by atoms with E-state index >= 15 is 0 Å². The van der Waals surface area contributed by atoms with Gasteiger partial charge in [-0.25, -0.2) is 9.59 Å². The van der Waals surface area contributed by atoms with Crippen molar-refractivity contribution in [1.29, 1.82) is 0 Å². The molecule has 0 heterocycles. The van der Waals surface area contributed by atoms with Crippen molar-refractivity contribution in [3.63, 3.8) is 0 Å². The highest BCUT2D eigenvalue weighted by Crippen LogP contribution is 2.26. The van der Waals surface area contributed by atoms with E-state index in [0.29, 0.717) is 16.9 Å². The average Bonchev–Trinajstić information content (AvgIpc) is 2.90. The Balaban J connectivity index is 1.75. The zero-order valence-corrected chi connectivity index (χ0v) is 19.3. The molecule has 0 aliphatic rings. The number of hydrogen-bond acceptors (Lipinski definition) is 6. The minimum Gasteiger partial charge on any atom is -0.497 e. The van der Waals surface area contributed by atoms with Crippen LogP contribution in [0.15, 0.2) is 72.8 Å². The molecule has 0 unspecified atom stereocenters. The molecule has 0 aliphatic heterocycles. The summed E-state index contributed by atoms with van der Waals surface area (Å²) in [7, 11) is 2.80. The lowest BCUT2D eigenvalue weighted by molar-refractivity contribution is 0.0683. The van der Waals surface area contributed by atoms with E-state index < -0.39 is 23.5 Å². The number of carbonyl (C=O) groups excluding carboxylic acids is 2. The third-order valence-electron chi connectivity index (χ3n) is 5.77. The zero-order chi connectivity index (χ0) is 26.0. The van der Waals surface area contributed by atoms with E-state index in [1.165, 1.54) is 50.6 Å². The topological polar surface area (TPSA) is 127 Å². The van der Waals surface area contributed by atoms with Crippen molar-refractivity contribution in [2.45, 2.75) is 0 Å². The minimum absolute atomic E-state index is 0.000728. The molecule has 0 atom stereocenters. The summed E-state index contributed by atoms with van der Waals surface area (Å²) in [4.78, 5) is 49.8. The van der Waals surface area contributed by atoms with Crippen molar-refractivity contribution >= 4 is 34.3 Å². The maximum atomic E-state index is 13.2. The van der Waals surface area contributed by atoms with Crippen LogP contribution in [-0.2, 0) is 0 Å². The zero-order valence-electron chi connectivity index (χ0n) is 19.3. The molecule has 0 spiro atoms. The van der Waals surface area contributed by atoms with Gasteiger partial charge < -0.3 is 19.7 Å². The van der Waals surface area contributed by atoms with Gasteiger partial charge in [-0.2, -0.15) is 0 Å². The highest BCUT2D eigenvalue weighted by molar-refractivity contribution is 6.17. The quantitative estimate of drug-likeness (QED) is 0.344. The Hall–Kier alpha value is -4.98. The Kier molecular flexibility index (Phi) is 6.52.